The first-order chi connectivity index (χ1) is 17.4. The molecule has 0 fully saturated rings. The summed E-state index contributed by atoms with van der Waals surface area (Å²) in [5.41, 5.74) is 0.311. The van der Waals surface area contributed by atoms with E-state index in [1.807, 2.05) is 0 Å². The van der Waals surface area contributed by atoms with Crippen LogP contribution in [0.5, 0.6) is 11.5 Å². The number of hydrogen-bond donors (Lipinski definition) is 1. The van der Waals surface area contributed by atoms with Crippen LogP contribution >= 0.6 is 0 Å². The molecular weight excluding hydrogens is 478 g/mol. The smallest absolute Gasteiger partial charge is 0.407 e. The first-order valence-electron chi connectivity index (χ1n) is 12.9. The zero-order valence-electron chi connectivity index (χ0n) is 21.9. The maximum absolute atomic E-state index is 13.3. The molecule has 0 saturated carbocycles. The van der Waals surface area contributed by atoms with E-state index < -0.39 is 15.9 Å². The molecule has 8 heteroatoms. The summed E-state index contributed by atoms with van der Waals surface area (Å²) >= 11 is 0. The molecule has 2 aromatic carbocycles. The molecule has 0 bridgehead atoms. The van der Waals surface area contributed by atoms with Crippen molar-refractivity contribution in [2.45, 2.75) is 87.5 Å². The van der Waals surface area contributed by atoms with Gasteiger partial charge in [-0.25, -0.2) is 13.2 Å². The van der Waals surface area contributed by atoms with Gasteiger partial charge in [0.25, 0.3) is 0 Å². The summed E-state index contributed by atoms with van der Waals surface area (Å²) in [6, 6.07) is 11.0. The number of nitrogens with one attached hydrogen (secondary N) is 1. The molecule has 2 aromatic rings. The maximum Gasteiger partial charge on any atom is 0.407 e. The Labute approximate surface area is 216 Å². The summed E-state index contributed by atoms with van der Waals surface area (Å²) in [6.07, 6.45) is 11.6. The van der Waals surface area contributed by atoms with Gasteiger partial charge in [-0.05, 0) is 24.6 Å². The Balaban J connectivity index is 1.88. The molecule has 1 N–H and O–H groups in total. The molecule has 1 amide bonds. The van der Waals surface area contributed by atoms with E-state index in [0.29, 0.717) is 17.9 Å². The van der Waals surface area contributed by atoms with E-state index in [0.717, 1.165) is 19.3 Å². The fourth-order valence-electron chi connectivity index (χ4n) is 3.99. The van der Waals surface area contributed by atoms with Crippen molar-refractivity contribution in [3.05, 3.63) is 48.0 Å². The summed E-state index contributed by atoms with van der Waals surface area (Å²) in [7, 11) is -0.957. The average Bonchev–Trinajstić information content (AvgIpc) is 2.90. The monoisotopic (exact) mass is 519 g/mol. The van der Waals surface area contributed by atoms with Gasteiger partial charge in [0.05, 0.1) is 24.0 Å². The Morgan fingerprint density at radius 2 is 1.36 bits per heavy atom. The quantitative estimate of drug-likeness (QED) is 0.234. The van der Waals surface area contributed by atoms with Gasteiger partial charge < -0.3 is 19.5 Å². The summed E-state index contributed by atoms with van der Waals surface area (Å²) in [5.74, 6) is 0.634. The van der Waals surface area contributed by atoms with E-state index in [1.54, 1.807) is 18.2 Å². The first-order valence-corrected chi connectivity index (χ1v) is 14.4. The Hall–Kier alpha value is -2.74. The predicted octanol–water partition coefficient (Wildman–Crippen LogP) is 6.68. The Kier molecular flexibility index (Phi) is 13.2. The number of benzene rings is 2. The lowest BCUT2D eigenvalue weighted by Crippen LogP contribution is -2.25. The number of alkyl carbamates (subject to hydrolysis) is 1. The molecule has 36 heavy (non-hydrogen) atoms. The van der Waals surface area contributed by atoms with Gasteiger partial charge in [0.1, 0.15) is 6.61 Å². The molecule has 2 rings (SSSR count). The molecule has 0 spiro atoms. The molecule has 7 nitrogen and oxygen atoms in total. The average molecular weight is 520 g/mol. The van der Waals surface area contributed by atoms with E-state index in [4.69, 9.17) is 14.2 Å². The van der Waals surface area contributed by atoms with Gasteiger partial charge in [0.2, 0.25) is 9.84 Å². The minimum Gasteiger partial charge on any atom is -0.493 e. The van der Waals surface area contributed by atoms with Crippen LogP contribution in [0.1, 0.15) is 76.7 Å². The van der Waals surface area contributed by atoms with Gasteiger partial charge >= 0.3 is 6.09 Å². The van der Waals surface area contributed by atoms with Crippen LogP contribution in [0.4, 0.5) is 4.79 Å². The van der Waals surface area contributed by atoms with Crippen molar-refractivity contribution in [2.75, 3.05) is 20.8 Å². The highest BCUT2D eigenvalue weighted by Gasteiger charge is 2.25. The van der Waals surface area contributed by atoms with Crippen LogP contribution in [-0.4, -0.2) is 35.3 Å². The van der Waals surface area contributed by atoms with E-state index in [1.165, 1.54) is 83.4 Å². The summed E-state index contributed by atoms with van der Waals surface area (Å²) in [5, 5.41) is 2.75. The highest BCUT2D eigenvalue weighted by Crippen LogP contribution is 2.35. The fourth-order valence-corrected chi connectivity index (χ4v) is 5.48. The normalized spacial score (nSPS) is 11.2. The first kappa shape index (κ1) is 29.5. The second-order valence-corrected chi connectivity index (χ2v) is 10.7. The number of ether oxygens (including phenoxy) is 3. The van der Waals surface area contributed by atoms with Gasteiger partial charge in [-0.3, -0.25) is 0 Å². The Morgan fingerprint density at radius 1 is 0.806 bits per heavy atom. The Bertz CT molecular complexity index is 1020. The van der Waals surface area contributed by atoms with Crippen molar-refractivity contribution in [1.82, 2.24) is 5.32 Å². The summed E-state index contributed by atoms with van der Waals surface area (Å²) in [4.78, 5) is 12.4. The van der Waals surface area contributed by atoms with Crippen molar-refractivity contribution in [3.8, 4) is 11.5 Å². The zero-order valence-corrected chi connectivity index (χ0v) is 22.7. The molecule has 0 aliphatic heterocycles. The molecule has 200 valence electrons. The van der Waals surface area contributed by atoms with Crippen molar-refractivity contribution in [3.63, 3.8) is 0 Å². The van der Waals surface area contributed by atoms with Crippen molar-refractivity contribution in [2.24, 2.45) is 0 Å². The highest BCUT2D eigenvalue weighted by atomic mass is 32.2. The minimum absolute atomic E-state index is 0.00819. The van der Waals surface area contributed by atoms with E-state index in [-0.39, 0.29) is 22.1 Å². The molecule has 0 heterocycles. The number of carbonyl (C=O) groups excluding carboxylic acids is 1. The molecule has 0 aromatic heterocycles. The lowest BCUT2D eigenvalue weighted by atomic mass is 10.1. The largest absolute Gasteiger partial charge is 0.493 e. The summed E-state index contributed by atoms with van der Waals surface area (Å²) < 4.78 is 42.6. The zero-order chi connectivity index (χ0) is 26.2. The number of unbranched alkanes of at least 4 members (excludes halogenated alkanes) is 9. The van der Waals surface area contributed by atoms with Gasteiger partial charge in [0, 0.05) is 18.2 Å². The van der Waals surface area contributed by atoms with E-state index in [9.17, 15) is 13.2 Å². The molecular formula is C28H41NO6S. The number of methoxy groups -OCH3 is 2. The molecule has 0 unspecified atom stereocenters. The van der Waals surface area contributed by atoms with Crippen LogP contribution in [0.3, 0.4) is 0 Å². The van der Waals surface area contributed by atoms with E-state index >= 15 is 0 Å². The number of amides is 1. The standard InChI is InChI=1S/C28H41NO6S/c1-4-5-6-7-8-9-10-11-12-16-19-29-28(30)35-22-23-20-25(33-2)26(34-3)21-27(23)36(31,32)24-17-14-13-15-18-24/h13-15,17-18,20-21H,4-12,16,19,22H2,1-3H3,(H,29,30). The van der Waals surface area contributed by atoms with Crippen molar-refractivity contribution in [1.29, 1.82) is 0 Å². The molecule has 0 radical (unpaired) electrons. The SMILES string of the molecule is CCCCCCCCCCCCNC(=O)OCc1cc(OC)c(OC)cc1S(=O)(=O)c1ccccc1. The molecule has 0 aliphatic carbocycles. The van der Waals surface area contributed by atoms with Crippen LogP contribution in [0.2, 0.25) is 0 Å². The topological polar surface area (TPSA) is 90.9 Å². The van der Waals surface area contributed by atoms with Crippen LogP contribution in [0, 0.1) is 0 Å². The van der Waals surface area contributed by atoms with Crippen LogP contribution < -0.4 is 14.8 Å². The molecule has 0 atom stereocenters. The van der Waals surface area contributed by atoms with Gasteiger partial charge in [0.15, 0.2) is 11.5 Å². The second kappa shape index (κ2) is 16.1. The summed E-state index contributed by atoms with van der Waals surface area (Å²) in [6.45, 7) is 2.54. The number of sulfone groups is 1. The van der Waals surface area contributed by atoms with Crippen molar-refractivity contribution >= 4 is 15.9 Å². The minimum atomic E-state index is -3.86. The third-order valence-electron chi connectivity index (χ3n) is 6.07. The maximum atomic E-state index is 13.3. The Morgan fingerprint density at radius 3 is 1.94 bits per heavy atom. The fraction of sp³-hybridized carbons (Fsp3) is 0.536. The number of hydrogen-bond acceptors (Lipinski definition) is 6. The number of rotatable bonds is 17. The van der Waals surface area contributed by atoms with E-state index in [2.05, 4.69) is 12.2 Å². The van der Waals surface area contributed by atoms with Gasteiger partial charge in [-0.15, -0.1) is 0 Å². The van der Waals surface area contributed by atoms with Gasteiger partial charge in [-0.2, -0.15) is 0 Å². The predicted molar refractivity (Wildman–Crippen MR) is 141 cm³/mol. The third kappa shape index (κ3) is 9.37. The lowest BCUT2D eigenvalue weighted by Gasteiger charge is -2.16. The van der Waals surface area contributed by atoms with Crippen LogP contribution in [0.15, 0.2) is 52.3 Å². The molecule has 0 saturated heterocycles. The van der Waals surface area contributed by atoms with Crippen molar-refractivity contribution < 1.29 is 27.4 Å². The second-order valence-electron chi connectivity index (χ2n) is 8.82. The van der Waals surface area contributed by atoms with Crippen LogP contribution in [-0.2, 0) is 21.2 Å². The van der Waals surface area contributed by atoms with Gasteiger partial charge in [-0.1, -0.05) is 82.9 Å². The number of carbonyl (C=O) groups is 1. The third-order valence-corrected chi connectivity index (χ3v) is 7.92. The lowest BCUT2D eigenvalue weighted by molar-refractivity contribution is 0.138. The molecule has 0 aliphatic rings. The van der Waals surface area contributed by atoms with Crippen LogP contribution in [0.25, 0.3) is 0 Å². The highest BCUT2D eigenvalue weighted by molar-refractivity contribution is 7.91.